The van der Waals surface area contributed by atoms with Crippen molar-refractivity contribution in [2.24, 2.45) is 0 Å². The Hall–Kier alpha value is -1.88. The van der Waals surface area contributed by atoms with E-state index in [1.165, 1.54) is 7.11 Å². The molecule has 1 aromatic carbocycles. The average Bonchev–Trinajstić information content (AvgIpc) is 2.84. The van der Waals surface area contributed by atoms with E-state index in [4.69, 9.17) is 9.47 Å². The molecule has 1 fully saturated rings. The Morgan fingerprint density at radius 2 is 2.00 bits per heavy atom. The molecule has 1 saturated heterocycles. The van der Waals surface area contributed by atoms with Gasteiger partial charge in [-0.15, -0.1) is 0 Å². The SMILES string of the molecule is COCC(=O)COc1ccc(N2CCCC2=O)cc1. The lowest BCUT2D eigenvalue weighted by Gasteiger charge is -2.16. The number of ether oxygens (including phenoxy) is 2. The molecule has 1 aromatic rings. The minimum Gasteiger partial charge on any atom is -0.486 e. The molecule has 0 unspecified atom stereocenters. The zero-order valence-corrected chi connectivity index (χ0v) is 10.9. The second-order valence-corrected chi connectivity index (χ2v) is 4.40. The molecule has 0 N–H and O–H groups in total. The fourth-order valence-electron chi connectivity index (χ4n) is 2.01. The molecule has 1 amide bonds. The first-order valence-electron chi connectivity index (χ1n) is 6.24. The van der Waals surface area contributed by atoms with Crippen LogP contribution in [0.15, 0.2) is 24.3 Å². The van der Waals surface area contributed by atoms with Crippen LogP contribution in [-0.4, -0.2) is 38.6 Å². The van der Waals surface area contributed by atoms with Gasteiger partial charge >= 0.3 is 0 Å². The Bertz CT molecular complexity index is 455. The third kappa shape index (κ3) is 3.54. The molecule has 0 atom stereocenters. The Morgan fingerprint density at radius 3 is 2.58 bits per heavy atom. The van der Waals surface area contributed by atoms with Crippen molar-refractivity contribution in [2.45, 2.75) is 12.8 Å². The molecule has 5 nitrogen and oxygen atoms in total. The van der Waals surface area contributed by atoms with Crippen molar-refractivity contribution in [3.63, 3.8) is 0 Å². The second kappa shape index (κ2) is 6.33. The summed E-state index contributed by atoms with van der Waals surface area (Å²) in [5, 5.41) is 0. The van der Waals surface area contributed by atoms with Gasteiger partial charge in [-0.2, -0.15) is 0 Å². The molecule has 0 radical (unpaired) electrons. The van der Waals surface area contributed by atoms with Crippen molar-refractivity contribution < 1.29 is 19.1 Å². The highest BCUT2D eigenvalue weighted by atomic mass is 16.5. The molecule has 0 aliphatic carbocycles. The van der Waals surface area contributed by atoms with Gasteiger partial charge in [0.15, 0.2) is 5.78 Å². The van der Waals surface area contributed by atoms with Gasteiger partial charge in [0.1, 0.15) is 19.0 Å². The van der Waals surface area contributed by atoms with Crippen LogP contribution in [0, 0.1) is 0 Å². The van der Waals surface area contributed by atoms with E-state index < -0.39 is 0 Å². The van der Waals surface area contributed by atoms with Gasteiger partial charge in [-0.3, -0.25) is 9.59 Å². The first kappa shape index (κ1) is 13.5. The van der Waals surface area contributed by atoms with Gasteiger partial charge in [0.05, 0.1) is 0 Å². The Morgan fingerprint density at radius 1 is 1.26 bits per heavy atom. The van der Waals surface area contributed by atoms with E-state index in [1.54, 1.807) is 17.0 Å². The second-order valence-electron chi connectivity index (χ2n) is 4.40. The van der Waals surface area contributed by atoms with Crippen molar-refractivity contribution in [3.8, 4) is 5.75 Å². The highest BCUT2D eigenvalue weighted by Crippen LogP contribution is 2.23. The van der Waals surface area contributed by atoms with Crippen LogP contribution in [0.2, 0.25) is 0 Å². The number of Topliss-reactive ketones (excluding diaryl/α,β-unsaturated/α-hetero) is 1. The third-order valence-electron chi connectivity index (χ3n) is 2.93. The topological polar surface area (TPSA) is 55.8 Å². The van der Waals surface area contributed by atoms with Crippen LogP contribution < -0.4 is 9.64 Å². The van der Waals surface area contributed by atoms with Crippen LogP contribution in [0.1, 0.15) is 12.8 Å². The minimum absolute atomic E-state index is 0.00414. The van der Waals surface area contributed by atoms with Crippen molar-refractivity contribution in [1.82, 2.24) is 0 Å². The Kier molecular flexibility index (Phi) is 4.52. The van der Waals surface area contributed by atoms with Crippen LogP contribution in [0.25, 0.3) is 0 Å². The number of amides is 1. The van der Waals surface area contributed by atoms with Crippen LogP contribution in [-0.2, 0) is 14.3 Å². The van der Waals surface area contributed by atoms with E-state index in [9.17, 15) is 9.59 Å². The summed E-state index contributed by atoms with van der Waals surface area (Å²) < 4.78 is 10.0. The number of anilines is 1. The summed E-state index contributed by atoms with van der Waals surface area (Å²) in [7, 11) is 1.47. The predicted octanol–water partition coefficient (Wildman–Crippen LogP) is 1.41. The Labute approximate surface area is 112 Å². The van der Waals surface area contributed by atoms with Gasteiger partial charge in [-0.25, -0.2) is 0 Å². The average molecular weight is 263 g/mol. The molecule has 0 saturated carbocycles. The number of carbonyl (C=O) groups is 2. The number of ketones is 1. The van der Waals surface area contributed by atoms with Crippen LogP contribution in [0.5, 0.6) is 5.75 Å². The van der Waals surface area contributed by atoms with Gasteiger partial charge in [0, 0.05) is 25.8 Å². The summed E-state index contributed by atoms with van der Waals surface area (Å²) in [6.45, 7) is 0.821. The maximum absolute atomic E-state index is 11.6. The molecule has 0 aromatic heterocycles. The maximum Gasteiger partial charge on any atom is 0.227 e. The largest absolute Gasteiger partial charge is 0.486 e. The fraction of sp³-hybridized carbons (Fsp3) is 0.429. The molecule has 0 spiro atoms. The highest BCUT2D eigenvalue weighted by Gasteiger charge is 2.21. The monoisotopic (exact) mass is 263 g/mol. The predicted molar refractivity (Wildman–Crippen MR) is 70.4 cm³/mol. The Balaban J connectivity index is 1.91. The molecular weight excluding hydrogens is 246 g/mol. The third-order valence-corrected chi connectivity index (χ3v) is 2.93. The van der Waals surface area contributed by atoms with E-state index in [1.807, 2.05) is 12.1 Å². The fourth-order valence-corrected chi connectivity index (χ4v) is 2.01. The number of benzene rings is 1. The number of hydrogen-bond acceptors (Lipinski definition) is 4. The van der Waals surface area contributed by atoms with E-state index in [0.29, 0.717) is 12.2 Å². The lowest BCUT2D eigenvalue weighted by molar-refractivity contribution is -0.124. The first-order valence-corrected chi connectivity index (χ1v) is 6.24. The van der Waals surface area contributed by atoms with Crippen LogP contribution in [0.4, 0.5) is 5.69 Å². The zero-order valence-electron chi connectivity index (χ0n) is 10.9. The van der Waals surface area contributed by atoms with Gasteiger partial charge in [0.25, 0.3) is 0 Å². The summed E-state index contributed by atoms with van der Waals surface area (Å²) in [6.07, 6.45) is 1.52. The van der Waals surface area contributed by atoms with E-state index in [0.717, 1.165) is 18.7 Å². The van der Waals surface area contributed by atoms with Crippen molar-refractivity contribution in [1.29, 1.82) is 0 Å². The molecule has 1 aliphatic heterocycles. The molecule has 1 heterocycles. The van der Waals surface area contributed by atoms with Gasteiger partial charge in [-0.1, -0.05) is 0 Å². The van der Waals surface area contributed by atoms with E-state index in [-0.39, 0.29) is 24.9 Å². The molecule has 19 heavy (non-hydrogen) atoms. The summed E-state index contributed by atoms with van der Waals surface area (Å²) in [5.41, 5.74) is 0.873. The van der Waals surface area contributed by atoms with Gasteiger partial charge in [0.2, 0.25) is 5.91 Å². The molecular formula is C14H17NO4. The first-order chi connectivity index (χ1) is 9.20. The van der Waals surface area contributed by atoms with Crippen molar-refractivity contribution in [3.05, 3.63) is 24.3 Å². The number of nitrogens with zero attached hydrogens (tertiary/aromatic N) is 1. The van der Waals surface area contributed by atoms with Gasteiger partial charge in [-0.05, 0) is 30.7 Å². The summed E-state index contributed by atoms with van der Waals surface area (Å²) in [5.74, 6) is 0.657. The number of carbonyl (C=O) groups excluding carboxylic acids is 2. The molecule has 102 valence electrons. The van der Waals surface area contributed by atoms with Gasteiger partial charge < -0.3 is 14.4 Å². The smallest absolute Gasteiger partial charge is 0.227 e. The van der Waals surface area contributed by atoms with Crippen LogP contribution in [0.3, 0.4) is 0 Å². The lowest BCUT2D eigenvalue weighted by Crippen LogP contribution is -2.23. The number of rotatable bonds is 6. The highest BCUT2D eigenvalue weighted by molar-refractivity contribution is 5.95. The molecule has 0 bridgehead atoms. The lowest BCUT2D eigenvalue weighted by atomic mass is 10.3. The standard InChI is InChI=1S/C14H17NO4/c1-18-9-12(16)10-19-13-6-4-11(5-7-13)15-8-2-3-14(15)17/h4-7H,2-3,8-10H2,1H3. The quantitative estimate of drug-likeness (QED) is 0.778. The summed E-state index contributed by atoms with van der Waals surface area (Å²) in [6, 6.07) is 7.20. The summed E-state index contributed by atoms with van der Waals surface area (Å²) >= 11 is 0. The molecule has 1 aliphatic rings. The van der Waals surface area contributed by atoms with Crippen LogP contribution >= 0.6 is 0 Å². The summed E-state index contributed by atoms with van der Waals surface area (Å²) in [4.78, 5) is 24.6. The van der Waals surface area contributed by atoms with Crippen molar-refractivity contribution >= 4 is 17.4 Å². The number of methoxy groups -OCH3 is 1. The van der Waals surface area contributed by atoms with E-state index in [2.05, 4.69) is 0 Å². The minimum atomic E-state index is -0.110. The zero-order chi connectivity index (χ0) is 13.7. The van der Waals surface area contributed by atoms with Crippen molar-refractivity contribution in [2.75, 3.05) is 31.8 Å². The molecule has 2 rings (SSSR count). The molecule has 5 heteroatoms. The number of hydrogen-bond donors (Lipinski definition) is 0. The normalized spacial score (nSPS) is 14.8. The van der Waals surface area contributed by atoms with E-state index >= 15 is 0 Å². The maximum atomic E-state index is 11.6.